The fourth-order valence-electron chi connectivity index (χ4n) is 5.17. The summed E-state index contributed by atoms with van der Waals surface area (Å²) in [4.78, 5) is 12.0. The minimum absolute atomic E-state index is 0.0512. The Morgan fingerprint density at radius 2 is 0.943 bits per heavy atom. The van der Waals surface area contributed by atoms with Crippen LogP contribution in [0.25, 0.3) is 0 Å². The van der Waals surface area contributed by atoms with Crippen molar-refractivity contribution in [3.05, 3.63) is 97.1 Å². The van der Waals surface area contributed by atoms with Gasteiger partial charge in [-0.05, 0) is 61.9 Å². The molecule has 4 heteroatoms. The Hall–Kier alpha value is -1.72. The minimum Gasteiger partial charge on any atom is -0.0795 e. The van der Waals surface area contributed by atoms with E-state index in [9.17, 15) is 0 Å². The van der Waals surface area contributed by atoms with E-state index in [-0.39, 0.29) is 21.8 Å². The molecule has 35 heavy (non-hydrogen) atoms. The van der Waals surface area contributed by atoms with Gasteiger partial charge in [-0.25, -0.2) is 0 Å². The largest absolute Gasteiger partial charge is 0.176 e. The number of hydrogen-bond acceptors (Lipinski definition) is 2. The second kappa shape index (κ2) is 10.3. The molecular weight excluding hydrogens is 501 g/mol. The van der Waals surface area contributed by atoms with Gasteiger partial charge in [-0.15, -0.1) is 0 Å². The summed E-state index contributed by atoms with van der Waals surface area (Å²) in [5.74, 6) is 0. The van der Waals surface area contributed by atoms with Crippen LogP contribution < -0.4 is 0 Å². The lowest BCUT2D eigenvalue weighted by molar-refractivity contribution is 0.667. The number of benzene rings is 4. The summed E-state index contributed by atoms with van der Waals surface area (Å²) in [5, 5.41) is 1.16. The molecule has 0 unspecified atom stereocenters. The van der Waals surface area contributed by atoms with Gasteiger partial charge in [0.2, 0.25) is 0 Å². The van der Waals surface area contributed by atoms with Crippen molar-refractivity contribution in [1.29, 1.82) is 0 Å². The molecule has 0 fully saturated rings. The van der Waals surface area contributed by atoms with Crippen LogP contribution in [0.5, 0.6) is 0 Å². The van der Waals surface area contributed by atoms with Crippen molar-refractivity contribution >= 4 is 45.3 Å². The van der Waals surface area contributed by atoms with Crippen LogP contribution in [-0.2, 0) is 21.8 Å². The Morgan fingerprint density at radius 3 is 1.34 bits per heavy atom. The van der Waals surface area contributed by atoms with Crippen LogP contribution in [0.4, 0.5) is 0 Å². The fourth-order valence-corrected chi connectivity index (χ4v) is 14.3. The van der Waals surface area contributed by atoms with Gasteiger partial charge in [-0.1, -0.05) is 85.4 Å². The molecule has 2 heterocycles. The zero-order chi connectivity index (χ0) is 23.8. The Bertz CT molecular complexity index is 1260. The molecular formula is C31H30S4+2. The van der Waals surface area contributed by atoms with Crippen molar-refractivity contribution in [3.8, 4) is 0 Å². The smallest absolute Gasteiger partial charge is 0.0795 e. The normalized spacial score (nSPS) is 16.5. The van der Waals surface area contributed by atoms with Crippen molar-refractivity contribution in [2.75, 3.05) is 0 Å². The highest BCUT2D eigenvalue weighted by Crippen LogP contribution is 2.52. The summed E-state index contributed by atoms with van der Waals surface area (Å²) in [6, 6.07) is 36.7. The fraction of sp³-hybridized carbons (Fsp3) is 0.226. The first kappa shape index (κ1) is 23.7. The maximum absolute atomic E-state index is 2.56. The predicted octanol–water partition coefficient (Wildman–Crippen LogP) is 9.34. The van der Waals surface area contributed by atoms with E-state index in [1.54, 1.807) is 19.6 Å². The number of rotatable bonds is 6. The molecule has 4 aromatic carbocycles. The van der Waals surface area contributed by atoms with Crippen LogP contribution in [0.15, 0.2) is 136 Å². The van der Waals surface area contributed by atoms with E-state index in [2.05, 4.69) is 111 Å². The Balaban J connectivity index is 1.51. The molecule has 2 aliphatic rings. The van der Waals surface area contributed by atoms with Crippen LogP contribution in [0.1, 0.15) is 33.1 Å². The molecule has 2 aliphatic heterocycles. The Morgan fingerprint density at radius 1 is 0.571 bits per heavy atom. The molecule has 0 bridgehead atoms. The minimum atomic E-state index is 0.0512. The summed E-state index contributed by atoms with van der Waals surface area (Å²) in [5.41, 5.74) is 0. The third-order valence-corrected chi connectivity index (χ3v) is 15.5. The summed E-state index contributed by atoms with van der Waals surface area (Å²) < 4.78 is 0. The molecule has 176 valence electrons. The zero-order valence-electron chi connectivity index (χ0n) is 20.1. The summed E-state index contributed by atoms with van der Waals surface area (Å²) >= 11 is 3.91. The topological polar surface area (TPSA) is 0 Å². The maximum Gasteiger partial charge on any atom is 0.176 e. The molecule has 4 aromatic rings. The second-order valence-electron chi connectivity index (χ2n) is 9.05. The monoisotopic (exact) mass is 530 g/mol. The van der Waals surface area contributed by atoms with Gasteiger partial charge < -0.3 is 0 Å². The number of fused-ring (bicyclic) bond motifs is 4. The Kier molecular flexibility index (Phi) is 6.99. The third kappa shape index (κ3) is 4.37. The lowest BCUT2D eigenvalue weighted by Gasteiger charge is -2.30. The van der Waals surface area contributed by atoms with Crippen LogP contribution >= 0.6 is 23.5 Å². The second-order valence-corrected chi connectivity index (χ2v) is 15.7. The summed E-state index contributed by atoms with van der Waals surface area (Å²) in [7, 11) is 0.111. The van der Waals surface area contributed by atoms with Gasteiger partial charge in [0.25, 0.3) is 0 Å². The molecule has 0 N–H and O–H groups in total. The third-order valence-electron chi connectivity index (χ3n) is 6.82. The standard InChI is InChI=1S/C31H30S4/c1-3-4-17-27(35-30-20-11-7-15-25(30)33-26-16-8-12-21-31(26)35)22(2)34-28-18-9-5-13-23(28)32-24-14-6-10-19-29(24)34/h5-16,18-22,27H,3-4,17H2,1-2H3/q+2/t22-,27+/m0/s1. The first-order valence-electron chi connectivity index (χ1n) is 12.4. The van der Waals surface area contributed by atoms with Gasteiger partial charge in [0.15, 0.2) is 30.1 Å². The first-order valence-corrected chi connectivity index (χ1v) is 16.6. The van der Waals surface area contributed by atoms with E-state index in [1.165, 1.54) is 38.8 Å². The van der Waals surface area contributed by atoms with E-state index in [4.69, 9.17) is 0 Å². The Labute approximate surface area is 224 Å². The maximum atomic E-state index is 2.56. The molecule has 0 aromatic heterocycles. The van der Waals surface area contributed by atoms with Crippen LogP contribution in [0.2, 0.25) is 0 Å². The van der Waals surface area contributed by atoms with Gasteiger partial charge in [-0.2, -0.15) is 0 Å². The molecule has 0 radical (unpaired) electrons. The van der Waals surface area contributed by atoms with Crippen molar-refractivity contribution in [3.63, 3.8) is 0 Å². The van der Waals surface area contributed by atoms with Crippen LogP contribution in [0.3, 0.4) is 0 Å². The van der Waals surface area contributed by atoms with E-state index in [0.29, 0.717) is 10.5 Å². The zero-order valence-corrected chi connectivity index (χ0v) is 23.4. The van der Waals surface area contributed by atoms with Crippen molar-refractivity contribution in [1.82, 2.24) is 0 Å². The predicted molar refractivity (Wildman–Crippen MR) is 155 cm³/mol. The molecule has 0 saturated heterocycles. The van der Waals surface area contributed by atoms with Gasteiger partial charge in [-0.3, -0.25) is 0 Å². The van der Waals surface area contributed by atoms with Gasteiger partial charge in [0.05, 0.1) is 41.4 Å². The molecule has 6 rings (SSSR count). The number of hydrogen-bond donors (Lipinski definition) is 0. The van der Waals surface area contributed by atoms with Crippen LogP contribution in [0, 0.1) is 0 Å². The lowest BCUT2D eigenvalue weighted by atomic mass is 10.1. The molecule has 0 nitrogen and oxygen atoms in total. The van der Waals surface area contributed by atoms with E-state index >= 15 is 0 Å². The van der Waals surface area contributed by atoms with Crippen molar-refractivity contribution < 1.29 is 0 Å². The van der Waals surface area contributed by atoms with Crippen molar-refractivity contribution in [2.24, 2.45) is 0 Å². The van der Waals surface area contributed by atoms with E-state index < -0.39 is 0 Å². The van der Waals surface area contributed by atoms with Gasteiger partial charge in [0.1, 0.15) is 0 Å². The average molecular weight is 531 g/mol. The molecule has 0 aliphatic carbocycles. The molecule has 0 spiro atoms. The average Bonchev–Trinajstić information content (AvgIpc) is 2.91. The highest BCUT2D eigenvalue weighted by Gasteiger charge is 2.52. The van der Waals surface area contributed by atoms with E-state index in [0.717, 1.165) is 0 Å². The van der Waals surface area contributed by atoms with E-state index in [1.807, 2.05) is 23.5 Å². The van der Waals surface area contributed by atoms with Crippen molar-refractivity contribution in [2.45, 2.75) is 82.8 Å². The van der Waals surface area contributed by atoms with Gasteiger partial charge in [0, 0.05) is 6.42 Å². The molecule has 0 amide bonds. The highest BCUT2D eigenvalue weighted by molar-refractivity contribution is 8.06. The molecule has 0 saturated carbocycles. The quantitative estimate of drug-likeness (QED) is 0.228. The first-order chi connectivity index (χ1) is 17.3. The summed E-state index contributed by atoms with van der Waals surface area (Å²) in [6.45, 7) is 4.90. The van der Waals surface area contributed by atoms with Gasteiger partial charge >= 0.3 is 0 Å². The summed E-state index contributed by atoms with van der Waals surface area (Å²) in [6.07, 6.45) is 3.80. The number of unbranched alkanes of at least 4 members (excludes halogenated alkanes) is 1. The molecule has 2 atom stereocenters. The lowest BCUT2D eigenvalue weighted by Crippen LogP contribution is -2.40. The highest BCUT2D eigenvalue weighted by atomic mass is 32.2. The van der Waals surface area contributed by atoms with Crippen LogP contribution in [-0.4, -0.2) is 10.5 Å². The SMILES string of the molecule is CCCC[C@H]([C@H](C)[S+]1c2ccccc2Sc2ccccc21)[S+]1c2ccccc2Sc2ccccc21.